The molecule has 3 amide bonds. The average Bonchev–Trinajstić information content (AvgIpc) is 2.92. The molecule has 164 valence electrons. The predicted octanol–water partition coefficient (Wildman–Crippen LogP) is 2.52. The van der Waals surface area contributed by atoms with Gasteiger partial charge in [-0.25, -0.2) is 13.1 Å². The van der Waals surface area contributed by atoms with Crippen molar-refractivity contribution in [2.45, 2.75) is 70.7 Å². The SMILES string of the molecule is CC(C)N1C(=O)c2ccc(NC(=O)C3CCC(NS(=O)(=O)C(C)C)CC3)cc2C1=O. The summed E-state index contributed by atoms with van der Waals surface area (Å²) in [5, 5.41) is 2.36. The van der Waals surface area contributed by atoms with Crippen molar-refractivity contribution < 1.29 is 22.8 Å². The van der Waals surface area contributed by atoms with E-state index in [2.05, 4.69) is 10.0 Å². The average molecular weight is 436 g/mol. The van der Waals surface area contributed by atoms with E-state index in [1.165, 1.54) is 4.90 Å². The monoisotopic (exact) mass is 435 g/mol. The number of benzene rings is 1. The maximum absolute atomic E-state index is 12.7. The molecule has 0 radical (unpaired) electrons. The molecule has 0 saturated heterocycles. The summed E-state index contributed by atoms with van der Waals surface area (Å²) >= 11 is 0. The van der Waals surface area contributed by atoms with Gasteiger partial charge < -0.3 is 5.32 Å². The van der Waals surface area contributed by atoms with Crippen molar-refractivity contribution >= 4 is 33.4 Å². The molecule has 9 heteroatoms. The van der Waals surface area contributed by atoms with Gasteiger partial charge in [-0.2, -0.15) is 0 Å². The van der Waals surface area contributed by atoms with Crippen LogP contribution in [0.1, 0.15) is 74.1 Å². The van der Waals surface area contributed by atoms with Crippen LogP contribution in [0.4, 0.5) is 5.69 Å². The van der Waals surface area contributed by atoms with Gasteiger partial charge in [0.2, 0.25) is 15.9 Å². The molecule has 3 rings (SSSR count). The predicted molar refractivity (Wildman–Crippen MR) is 114 cm³/mol. The van der Waals surface area contributed by atoms with Gasteiger partial charge in [0, 0.05) is 23.7 Å². The van der Waals surface area contributed by atoms with Crippen LogP contribution in [-0.4, -0.2) is 48.4 Å². The Balaban J connectivity index is 1.61. The number of anilines is 1. The zero-order valence-corrected chi connectivity index (χ0v) is 18.6. The summed E-state index contributed by atoms with van der Waals surface area (Å²) in [5.41, 5.74) is 1.14. The minimum atomic E-state index is -3.32. The van der Waals surface area contributed by atoms with Crippen LogP contribution in [0, 0.1) is 5.92 Å². The Morgan fingerprint density at radius 2 is 1.60 bits per heavy atom. The number of carbonyl (C=O) groups is 3. The number of hydrogen-bond donors (Lipinski definition) is 2. The fourth-order valence-electron chi connectivity index (χ4n) is 3.89. The second-order valence-electron chi connectivity index (χ2n) is 8.58. The Bertz CT molecular complexity index is 963. The highest BCUT2D eigenvalue weighted by atomic mass is 32.2. The summed E-state index contributed by atoms with van der Waals surface area (Å²) in [5.74, 6) is -1.04. The fraction of sp³-hybridized carbons (Fsp3) is 0.571. The number of rotatable bonds is 6. The molecule has 1 aliphatic carbocycles. The molecule has 2 N–H and O–H groups in total. The van der Waals surface area contributed by atoms with Crippen molar-refractivity contribution in [2.75, 3.05) is 5.32 Å². The summed E-state index contributed by atoms with van der Waals surface area (Å²) in [7, 11) is -3.32. The van der Waals surface area contributed by atoms with E-state index in [1.54, 1.807) is 45.9 Å². The lowest BCUT2D eigenvalue weighted by Gasteiger charge is -2.28. The first-order valence-corrected chi connectivity index (χ1v) is 11.9. The molecule has 30 heavy (non-hydrogen) atoms. The van der Waals surface area contributed by atoms with E-state index in [-0.39, 0.29) is 35.7 Å². The van der Waals surface area contributed by atoms with Gasteiger partial charge >= 0.3 is 0 Å². The lowest BCUT2D eigenvalue weighted by atomic mass is 9.86. The second-order valence-corrected chi connectivity index (χ2v) is 10.9. The van der Waals surface area contributed by atoms with E-state index in [0.29, 0.717) is 42.5 Å². The van der Waals surface area contributed by atoms with E-state index in [4.69, 9.17) is 0 Å². The maximum atomic E-state index is 12.7. The molecule has 1 heterocycles. The van der Waals surface area contributed by atoms with Crippen molar-refractivity contribution in [1.29, 1.82) is 0 Å². The highest BCUT2D eigenvalue weighted by Gasteiger charge is 2.37. The Morgan fingerprint density at radius 3 is 2.17 bits per heavy atom. The molecule has 0 atom stereocenters. The van der Waals surface area contributed by atoms with Crippen LogP contribution in [-0.2, 0) is 14.8 Å². The molecule has 1 aromatic rings. The lowest BCUT2D eigenvalue weighted by Crippen LogP contribution is -2.42. The van der Waals surface area contributed by atoms with Gasteiger partial charge in [-0.05, 0) is 71.6 Å². The van der Waals surface area contributed by atoms with Gasteiger partial charge in [-0.15, -0.1) is 0 Å². The first-order chi connectivity index (χ1) is 14.0. The zero-order valence-electron chi connectivity index (χ0n) is 17.8. The highest BCUT2D eigenvalue weighted by molar-refractivity contribution is 7.90. The normalized spacial score (nSPS) is 22.0. The Kier molecular flexibility index (Phi) is 6.33. The van der Waals surface area contributed by atoms with Gasteiger partial charge in [0.25, 0.3) is 11.8 Å². The Labute approximate surface area is 177 Å². The molecule has 0 aromatic heterocycles. The van der Waals surface area contributed by atoms with Crippen molar-refractivity contribution in [3.63, 3.8) is 0 Å². The smallest absolute Gasteiger partial charge is 0.261 e. The van der Waals surface area contributed by atoms with Gasteiger partial charge in [0.1, 0.15) is 0 Å². The Hall–Kier alpha value is -2.26. The Morgan fingerprint density at radius 1 is 1.00 bits per heavy atom. The minimum absolute atomic E-state index is 0.146. The van der Waals surface area contributed by atoms with E-state index in [0.717, 1.165) is 0 Å². The molecule has 0 spiro atoms. The van der Waals surface area contributed by atoms with Crippen LogP contribution in [0.3, 0.4) is 0 Å². The van der Waals surface area contributed by atoms with Crippen LogP contribution in [0.2, 0.25) is 0 Å². The van der Waals surface area contributed by atoms with Crippen LogP contribution >= 0.6 is 0 Å². The number of carbonyl (C=O) groups excluding carboxylic acids is 3. The van der Waals surface area contributed by atoms with E-state index in [1.807, 2.05) is 0 Å². The van der Waals surface area contributed by atoms with Gasteiger partial charge in [0.15, 0.2) is 0 Å². The standard InChI is InChI=1S/C21H29N3O5S/c1-12(2)24-20(26)17-10-9-16(11-18(17)21(24)27)22-19(25)14-5-7-15(8-6-14)23-30(28,29)13(3)4/h9-15,23H,5-8H2,1-4H3,(H,22,25). The van der Waals surface area contributed by atoms with E-state index in [9.17, 15) is 22.8 Å². The summed E-state index contributed by atoms with van der Waals surface area (Å²) < 4.78 is 26.8. The number of nitrogens with zero attached hydrogens (tertiary/aromatic N) is 1. The summed E-state index contributed by atoms with van der Waals surface area (Å²) in [4.78, 5) is 38.8. The highest BCUT2D eigenvalue weighted by Crippen LogP contribution is 2.29. The molecule has 1 fully saturated rings. The van der Waals surface area contributed by atoms with Crippen molar-refractivity contribution in [3.8, 4) is 0 Å². The molecule has 1 saturated carbocycles. The minimum Gasteiger partial charge on any atom is -0.326 e. The largest absolute Gasteiger partial charge is 0.326 e. The third kappa shape index (κ3) is 4.41. The fourth-order valence-corrected chi connectivity index (χ4v) is 4.86. The van der Waals surface area contributed by atoms with Gasteiger partial charge in [-0.3, -0.25) is 19.3 Å². The van der Waals surface area contributed by atoms with Gasteiger partial charge in [0.05, 0.1) is 16.4 Å². The first-order valence-electron chi connectivity index (χ1n) is 10.3. The number of hydrogen-bond acceptors (Lipinski definition) is 5. The third-order valence-corrected chi connectivity index (χ3v) is 7.65. The molecule has 2 aliphatic rings. The van der Waals surface area contributed by atoms with Crippen LogP contribution in [0.15, 0.2) is 18.2 Å². The maximum Gasteiger partial charge on any atom is 0.261 e. The van der Waals surface area contributed by atoms with Crippen LogP contribution in [0.5, 0.6) is 0 Å². The molecule has 8 nitrogen and oxygen atoms in total. The van der Waals surface area contributed by atoms with Crippen LogP contribution < -0.4 is 10.0 Å². The lowest BCUT2D eigenvalue weighted by molar-refractivity contribution is -0.120. The van der Waals surface area contributed by atoms with Crippen molar-refractivity contribution in [2.24, 2.45) is 5.92 Å². The molecule has 0 bridgehead atoms. The second kappa shape index (κ2) is 8.47. The third-order valence-electron chi connectivity index (χ3n) is 5.75. The van der Waals surface area contributed by atoms with Crippen LogP contribution in [0.25, 0.3) is 0 Å². The van der Waals surface area contributed by atoms with E-state index >= 15 is 0 Å². The van der Waals surface area contributed by atoms with E-state index < -0.39 is 15.3 Å². The quantitative estimate of drug-likeness (QED) is 0.667. The number of sulfonamides is 1. The summed E-state index contributed by atoms with van der Waals surface area (Å²) in [6, 6.07) is 4.38. The molecular formula is C21H29N3O5S. The topological polar surface area (TPSA) is 113 Å². The first kappa shape index (κ1) is 22.4. The number of amides is 3. The summed E-state index contributed by atoms with van der Waals surface area (Å²) in [6.45, 7) is 6.83. The van der Waals surface area contributed by atoms with Crippen molar-refractivity contribution in [1.82, 2.24) is 9.62 Å². The zero-order chi connectivity index (χ0) is 22.2. The van der Waals surface area contributed by atoms with Gasteiger partial charge in [-0.1, -0.05) is 0 Å². The number of imide groups is 1. The van der Waals surface area contributed by atoms with Crippen molar-refractivity contribution in [3.05, 3.63) is 29.3 Å². The molecule has 1 aromatic carbocycles. The molecule has 1 aliphatic heterocycles. The molecule has 0 unspecified atom stereocenters. The number of fused-ring (bicyclic) bond motifs is 1. The number of nitrogens with one attached hydrogen (secondary N) is 2. The summed E-state index contributed by atoms with van der Waals surface area (Å²) in [6.07, 6.45) is 2.37. The molecular weight excluding hydrogens is 406 g/mol.